The van der Waals surface area contributed by atoms with Gasteiger partial charge >= 0.3 is 0 Å². The number of nitrogens with zero attached hydrogens (tertiary/aromatic N) is 1. The van der Waals surface area contributed by atoms with Crippen molar-refractivity contribution in [3.05, 3.63) is 28.9 Å². The minimum atomic E-state index is 0.461. The number of aromatic nitrogens is 1. The lowest BCUT2D eigenvalue weighted by Crippen LogP contribution is -2.11. The quantitative estimate of drug-likeness (QED) is 0.512. The number of pyridine rings is 1. The van der Waals surface area contributed by atoms with Gasteiger partial charge in [0.2, 0.25) is 0 Å². The van der Waals surface area contributed by atoms with E-state index in [4.69, 9.17) is 10.6 Å². The highest BCUT2D eigenvalue weighted by Crippen LogP contribution is 1.96. The van der Waals surface area contributed by atoms with E-state index in [1.807, 2.05) is 6.92 Å². The first kappa shape index (κ1) is 6.86. The van der Waals surface area contributed by atoms with E-state index in [0.717, 1.165) is 10.3 Å². The lowest BCUT2D eigenvalue weighted by molar-refractivity contribution is 0.176. The molecule has 3 nitrogen and oxygen atoms in total. The van der Waals surface area contributed by atoms with Crippen molar-refractivity contribution in [2.75, 3.05) is 0 Å². The maximum atomic E-state index is 9.06. The van der Waals surface area contributed by atoms with Gasteiger partial charge in [-0.3, -0.25) is 0 Å². The second-order valence-corrected chi connectivity index (χ2v) is 2.28. The molecule has 1 aromatic rings. The van der Waals surface area contributed by atoms with Crippen molar-refractivity contribution in [1.82, 2.24) is 4.73 Å². The standard InChI is InChI=1S/C7H10N2O/c1-5-6(2)9(10)4-3-7(5)8/h3-4,8,10H,1-2H3. The molecule has 10 heavy (non-hydrogen) atoms. The first-order chi connectivity index (χ1) is 4.63. The van der Waals surface area contributed by atoms with Crippen molar-refractivity contribution >= 4 is 0 Å². The molecule has 0 aliphatic carbocycles. The van der Waals surface area contributed by atoms with E-state index in [0.29, 0.717) is 11.1 Å². The average molecular weight is 138 g/mol. The summed E-state index contributed by atoms with van der Waals surface area (Å²) in [6.45, 7) is 3.58. The van der Waals surface area contributed by atoms with E-state index >= 15 is 0 Å². The monoisotopic (exact) mass is 138 g/mol. The molecule has 0 unspecified atom stereocenters. The minimum Gasteiger partial charge on any atom is -0.429 e. The number of hydrogen-bond acceptors (Lipinski definition) is 2. The zero-order valence-corrected chi connectivity index (χ0v) is 6.05. The van der Waals surface area contributed by atoms with Gasteiger partial charge < -0.3 is 10.6 Å². The highest BCUT2D eigenvalue weighted by molar-refractivity contribution is 5.15. The van der Waals surface area contributed by atoms with Gasteiger partial charge in [-0.25, -0.2) is 0 Å². The predicted octanol–water partition coefficient (Wildman–Crippen LogP) is 0.822. The third kappa shape index (κ3) is 0.900. The number of hydrogen-bond donors (Lipinski definition) is 2. The van der Waals surface area contributed by atoms with Crippen LogP contribution >= 0.6 is 0 Å². The summed E-state index contributed by atoms with van der Waals surface area (Å²) < 4.78 is 1.02. The van der Waals surface area contributed by atoms with Crippen LogP contribution < -0.4 is 5.36 Å². The molecule has 0 bridgehead atoms. The van der Waals surface area contributed by atoms with Crippen LogP contribution in [0.5, 0.6) is 0 Å². The summed E-state index contributed by atoms with van der Waals surface area (Å²) in [4.78, 5) is 0. The molecule has 54 valence electrons. The second kappa shape index (κ2) is 2.17. The molecule has 0 radical (unpaired) electrons. The van der Waals surface area contributed by atoms with Crippen LogP contribution in [0.2, 0.25) is 0 Å². The molecule has 2 N–H and O–H groups in total. The SMILES string of the molecule is Cc1c(C)n(O)ccc1=N. The Labute approximate surface area is 59.0 Å². The van der Waals surface area contributed by atoms with Crippen molar-refractivity contribution in [2.24, 2.45) is 0 Å². The fourth-order valence-electron chi connectivity index (χ4n) is 0.749. The number of nitrogens with one attached hydrogen (secondary N) is 1. The normalized spacial score (nSPS) is 9.80. The van der Waals surface area contributed by atoms with Crippen LogP contribution in [0.4, 0.5) is 0 Å². The van der Waals surface area contributed by atoms with Crippen LogP contribution in [0.3, 0.4) is 0 Å². The van der Waals surface area contributed by atoms with Gasteiger partial charge in [-0.15, -0.1) is 0 Å². The molecular weight excluding hydrogens is 128 g/mol. The lowest BCUT2D eigenvalue weighted by atomic mass is 10.2. The molecule has 0 amide bonds. The molecule has 1 aromatic heterocycles. The minimum absolute atomic E-state index is 0.461. The predicted molar refractivity (Wildman–Crippen MR) is 36.9 cm³/mol. The van der Waals surface area contributed by atoms with Crippen LogP contribution in [-0.2, 0) is 0 Å². The van der Waals surface area contributed by atoms with E-state index in [2.05, 4.69) is 0 Å². The van der Waals surface area contributed by atoms with Crippen LogP contribution in [0.15, 0.2) is 12.3 Å². The molecule has 0 saturated carbocycles. The van der Waals surface area contributed by atoms with E-state index in [1.54, 1.807) is 13.0 Å². The Morgan fingerprint density at radius 3 is 2.60 bits per heavy atom. The van der Waals surface area contributed by atoms with Gasteiger partial charge in [-0.1, -0.05) is 0 Å². The molecule has 1 heterocycles. The van der Waals surface area contributed by atoms with Crippen LogP contribution in [-0.4, -0.2) is 9.94 Å². The van der Waals surface area contributed by atoms with Crippen molar-refractivity contribution < 1.29 is 5.21 Å². The smallest absolute Gasteiger partial charge is 0.0603 e. The van der Waals surface area contributed by atoms with E-state index in [1.165, 1.54) is 6.20 Å². The fourth-order valence-corrected chi connectivity index (χ4v) is 0.749. The average Bonchev–Trinajstić information content (AvgIpc) is 1.93. The van der Waals surface area contributed by atoms with Gasteiger partial charge in [0.25, 0.3) is 0 Å². The summed E-state index contributed by atoms with van der Waals surface area (Å²) in [6.07, 6.45) is 1.46. The van der Waals surface area contributed by atoms with Crippen molar-refractivity contribution in [1.29, 1.82) is 5.41 Å². The van der Waals surface area contributed by atoms with Crippen LogP contribution in [0.25, 0.3) is 0 Å². The van der Waals surface area contributed by atoms with Crippen molar-refractivity contribution in [2.45, 2.75) is 13.8 Å². The van der Waals surface area contributed by atoms with Crippen molar-refractivity contribution in [3.8, 4) is 0 Å². The van der Waals surface area contributed by atoms with Gasteiger partial charge in [0.1, 0.15) is 0 Å². The van der Waals surface area contributed by atoms with Crippen molar-refractivity contribution in [3.63, 3.8) is 0 Å². The van der Waals surface area contributed by atoms with Gasteiger partial charge in [-0.2, -0.15) is 4.73 Å². The van der Waals surface area contributed by atoms with Crippen LogP contribution in [0, 0.1) is 19.3 Å². The lowest BCUT2D eigenvalue weighted by Gasteiger charge is -2.03. The Morgan fingerprint density at radius 1 is 1.50 bits per heavy atom. The maximum absolute atomic E-state index is 9.06. The summed E-state index contributed by atoms with van der Waals surface area (Å²) in [5, 5.41) is 16.9. The largest absolute Gasteiger partial charge is 0.429 e. The van der Waals surface area contributed by atoms with Gasteiger partial charge in [0.15, 0.2) is 0 Å². The van der Waals surface area contributed by atoms with E-state index in [-0.39, 0.29) is 0 Å². The topological polar surface area (TPSA) is 49.0 Å². The number of rotatable bonds is 0. The second-order valence-electron chi connectivity index (χ2n) is 2.28. The van der Waals surface area contributed by atoms with Gasteiger partial charge in [-0.05, 0) is 25.5 Å². The van der Waals surface area contributed by atoms with Gasteiger partial charge in [0, 0.05) is 6.20 Å². The third-order valence-electron chi connectivity index (χ3n) is 1.67. The van der Waals surface area contributed by atoms with E-state index < -0.39 is 0 Å². The highest BCUT2D eigenvalue weighted by Gasteiger charge is 1.96. The molecule has 0 saturated heterocycles. The zero-order valence-electron chi connectivity index (χ0n) is 6.05. The Morgan fingerprint density at radius 2 is 2.10 bits per heavy atom. The molecular formula is C7H10N2O. The molecule has 0 aliphatic rings. The Kier molecular flexibility index (Phi) is 1.49. The molecule has 0 spiro atoms. The summed E-state index contributed by atoms with van der Waals surface area (Å²) in [6, 6.07) is 1.56. The van der Waals surface area contributed by atoms with E-state index in [9.17, 15) is 0 Å². The molecule has 0 fully saturated rings. The highest BCUT2D eigenvalue weighted by atomic mass is 16.5. The molecule has 0 atom stereocenters. The first-order valence-corrected chi connectivity index (χ1v) is 3.05. The molecule has 3 heteroatoms. The Balaban J connectivity index is 3.49. The third-order valence-corrected chi connectivity index (χ3v) is 1.67. The van der Waals surface area contributed by atoms with Crippen LogP contribution in [0.1, 0.15) is 11.3 Å². The summed E-state index contributed by atoms with van der Waals surface area (Å²) >= 11 is 0. The summed E-state index contributed by atoms with van der Waals surface area (Å²) in [5.41, 5.74) is 1.53. The zero-order chi connectivity index (χ0) is 7.72. The molecule has 0 aliphatic heterocycles. The van der Waals surface area contributed by atoms with Gasteiger partial charge in [0.05, 0.1) is 11.1 Å². The Bertz CT molecular complexity index is 301. The first-order valence-electron chi connectivity index (χ1n) is 3.05. The maximum Gasteiger partial charge on any atom is 0.0603 e. The summed E-state index contributed by atoms with van der Waals surface area (Å²) in [5.74, 6) is 0. The Hall–Kier alpha value is -1.25. The molecule has 1 rings (SSSR count). The summed E-state index contributed by atoms with van der Waals surface area (Å²) in [7, 11) is 0. The fraction of sp³-hybridized carbons (Fsp3) is 0.286. The molecule has 0 aromatic carbocycles.